The Morgan fingerprint density at radius 2 is 2.04 bits per heavy atom. The molecule has 1 aliphatic heterocycles. The predicted molar refractivity (Wildman–Crippen MR) is 103 cm³/mol. The molecule has 4 nitrogen and oxygen atoms in total. The largest absolute Gasteiger partial charge is 0.325 e. The molecular formula is C20H21N3OS. The standard InChI is InChI=1S/C20H21N3OS/c1-14-7-2-3-8-15(14)21-19(24)13-23-12-6-10-17(23)20-22-16-9-4-5-11-18(16)25-20/h2-5,7-9,11,17H,6,10,12-13H2,1H3,(H,21,24)/t17-/m0/s1. The number of nitrogens with zero attached hydrogens (tertiary/aromatic N) is 2. The molecule has 2 aromatic carbocycles. The third-order valence-electron chi connectivity index (χ3n) is 4.73. The average molecular weight is 351 g/mol. The van der Waals surface area contributed by atoms with Gasteiger partial charge in [0, 0.05) is 5.69 Å². The minimum atomic E-state index is 0.0438. The fraction of sp³-hybridized carbons (Fsp3) is 0.300. The van der Waals surface area contributed by atoms with E-state index < -0.39 is 0 Å². The highest BCUT2D eigenvalue weighted by Gasteiger charge is 2.30. The summed E-state index contributed by atoms with van der Waals surface area (Å²) in [4.78, 5) is 19.6. The van der Waals surface area contributed by atoms with Crippen molar-refractivity contribution in [2.24, 2.45) is 0 Å². The van der Waals surface area contributed by atoms with Crippen LogP contribution in [0.3, 0.4) is 0 Å². The topological polar surface area (TPSA) is 45.2 Å². The molecule has 25 heavy (non-hydrogen) atoms. The van der Waals surface area contributed by atoms with Crippen LogP contribution in [0, 0.1) is 6.92 Å². The quantitative estimate of drug-likeness (QED) is 0.759. The van der Waals surface area contributed by atoms with Gasteiger partial charge in [-0.15, -0.1) is 11.3 Å². The summed E-state index contributed by atoms with van der Waals surface area (Å²) in [6.07, 6.45) is 2.18. The fourth-order valence-corrected chi connectivity index (χ4v) is 4.55. The minimum absolute atomic E-state index is 0.0438. The molecule has 1 fully saturated rings. The van der Waals surface area contributed by atoms with E-state index in [2.05, 4.69) is 22.3 Å². The second-order valence-corrected chi connectivity index (χ2v) is 7.57. The van der Waals surface area contributed by atoms with Crippen molar-refractivity contribution in [3.05, 3.63) is 59.1 Å². The van der Waals surface area contributed by atoms with Crippen LogP contribution < -0.4 is 5.32 Å². The number of fused-ring (bicyclic) bond motifs is 1. The van der Waals surface area contributed by atoms with Gasteiger partial charge >= 0.3 is 0 Å². The van der Waals surface area contributed by atoms with Gasteiger partial charge in [0.05, 0.1) is 22.8 Å². The van der Waals surface area contributed by atoms with Crippen molar-refractivity contribution in [2.75, 3.05) is 18.4 Å². The van der Waals surface area contributed by atoms with Crippen LogP contribution in [0.2, 0.25) is 0 Å². The molecule has 2 heterocycles. The molecule has 0 aliphatic carbocycles. The number of hydrogen-bond acceptors (Lipinski definition) is 4. The average Bonchev–Trinajstić information content (AvgIpc) is 3.23. The van der Waals surface area contributed by atoms with E-state index in [0.717, 1.165) is 41.2 Å². The molecule has 4 rings (SSSR count). The van der Waals surface area contributed by atoms with Crippen LogP contribution >= 0.6 is 11.3 Å². The van der Waals surface area contributed by atoms with Gasteiger partial charge in [-0.25, -0.2) is 4.98 Å². The maximum Gasteiger partial charge on any atom is 0.238 e. The summed E-state index contributed by atoms with van der Waals surface area (Å²) in [6.45, 7) is 3.37. The van der Waals surface area contributed by atoms with Gasteiger partial charge in [0.15, 0.2) is 0 Å². The van der Waals surface area contributed by atoms with Crippen molar-refractivity contribution >= 4 is 33.1 Å². The molecule has 1 N–H and O–H groups in total. The molecule has 1 atom stereocenters. The Labute approximate surface area is 151 Å². The maximum atomic E-state index is 12.5. The Kier molecular flexibility index (Phi) is 4.51. The van der Waals surface area contributed by atoms with Gasteiger partial charge in [-0.1, -0.05) is 30.3 Å². The number of carbonyl (C=O) groups is 1. The zero-order valence-electron chi connectivity index (χ0n) is 14.2. The number of carbonyl (C=O) groups excluding carboxylic acids is 1. The smallest absolute Gasteiger partial charge is 0.238 e. The summed E-state index contributed by atoms with van der Waals surface area (Å²) in [5.41, 5.74) is 3.03. The predicted octanol–water partition coefficient (Wildman–Crippen LogP) is 4.38. The normalized spacial score (nSPS) is 17.9. The Morgan fingerprint density at radius 1 is 1.24 bits per heavy atom. The maximum absolute atomic E-state index is 12.5. The van der Waals surface area contributed by atoms with Crippen LogP contribution in [0.15, 0.2) is 48.5 Å². The summed E-state index contributed by atoms with van der Waals surface area (Å²) in [5.74, 6) is 0.0438. The molecule has 0 saturated carbocycles. The number of thiazole rings is 1. The Hall–Kier alpha value is -2.24. The lowest BCUT2D eigenvalue weighted by molar-refractivity contribution is -0.117. The molecule has 3 aromatic rings. The highest BCUT2D eigenvalue weighted by molar-refractivity contribution is 7.18. The first-order chi connectivity index (χ1) is 12.2. The van der Waals surface area contributed by atoms with E-state index in [1.54, 1.807) is 11.3 Å². The molecule has 1 amide bonds. The SMILES string of the molecule is Cc1ccccc1NC(=O)CN1CCC[C@H]1c1nc2ccccc2s1. The number of para-hydroxylation sites is 2. The van der Waals surface area contributed by atoms with Crippen LogP contribution in [0.25, 0.3) is 10.2 Å². The lowest BCUT2D eigenvalue weighted by Crippen LogP contribution is -2.33. The summed E-state index contributed by atoms with van der Waals surface area (Å²) in [6, 6.07) is 16.4. The number of aryl methyl sites for hydroxylation is 1. The van der Waals surface area contributed by atoms with Gasteiger partial charge in [-0.2, -0.15) is 0 Å². The second-order valence-electron chi connectivity index (χ2n) is 6.51. The number of benzene rings is 2. The molecule has 0 radical (unpaired) electrons. The number of aromatic nitrogens is 1. The first-order valence-corrected chi connectivity index (χ1v) is 9.47. The second kappa shape index (κ2) is 6.94. The van der Waals surface area contributed by atoms with Gasteiger partial charge in [-0.3, -0.25) is 9.69 Å². The molecule has 128 valence electrons. The van der Waals surface area contributed by atoms with Crippen LogP contribution in [0.4, 0.5) is 5.69 Å². The van der Waals surface area contributed by atoms with Crippen LogP contribution in [-0.2, 0) is 4.79 Å². The number of amides is 1. The fourth-order valence-electron chi connectivity index (χ4n) is 3.41. The number of anilines is 1. The van der Waals surface area contributed by atoms with E-state index in [0.29, 0.717) is 6.54 Å². The van der Waals surface area contributed by atoms with Crippen LogP contribution in [0.1, 0.15) is 29.5 Å². The summed E-state index contributed by atoms with van der Waals surface area (Å²) in [7, 11) is 0. The van der Waals surface area contributed by atoms with Crippen molar-refractivity contribution in [1.82, 2.24) is 9.88 Å². The molecular weight excluding hydrogens is 330 g/mol. The number of rotatable bonds is 4. The van der Waals surface area contributed by atoms with Crippen LogP contribution in [-0.4, -0.2) is 28.9 Å². The Morgan fingerprint density at radius 3 is 2.88 bits per heavy atom. The van der Waals surface area contributed by atoms with Gasteiger partial charge in [0.1, 0.15) is 5.01 Å². The molecule has 5 heteroatoms. The van der Waals surface area contributed by atoms with Crippen molar-refractivity contribution < 1.29 is 4.79 Å². The van der Waals surface area contributed by atoms with Gasteiger partial charge in [0.2, 0.25) is 5.91 Å². The number of likely N-dealkylation sites (tertiary alicyclic amines) is 1. The first-order valence-electron chi connectivity index (χ1n) is 8.66. The monoisotopic (exact) mass is 351 g/mol. The molecule has 1 saturated heterocycles. The van der Waals surface area contributed by atoms with Gasteiger partial charge in [-0.05, 0) is 50.1 Å². The molecule has 0 spiro atoms. The zero-order valence-corrected chi connectivity index (χ0v) is 15.1. The van der Waals surface area contributed by atoms with Gasteiger partial charge < -0.3 is 5.32 Å². The van der Waals surface area contributed by atoms with Crippen molar-refractivity contribution in [3.8, 4) is 0 Å². The van der Waals surface area contributed by atoms with Crippen molar-refractivity contribution in [3.63, 3.8) is 0 Å². The lowest BCUT2D eigenvalue weighted by Gasteiger charge is -2.22. The number of hydrogen-bond donors (Lipinski definition) is 1. The van der Waals surface area contributed by atoms with Crippen LogP contribution in [0.5, 0.6) is 0 Å². The first kappa shape index (κ1) is 16.2. The zero-order chi connectivity index (χ0) is 17.2. The van der Waals surface area contributed by atoms with E-state index in [9.17, 15) is 4.79 Å². The van der Waals surface area contributed by atoms with E-state index in [1.807, 2.05) is 43.3 Å². The summed E-state index contributed by atoms with van der Waals surface area (Å²) in [5, 5.41) is 4.17. The van der Waals surface area contributed by atoms with Gasteiger partial charge in [0.25, 0.3) is 0 Å². The highest BCUT2D eigenvalue weighted by atomic mass is 32.1. The Bertz CT molecular complexity index is 872. The van der Waals surface area contributed by atoms with Crippen molar-refractivity contribution in [1.29, 1.82) is 0 Å². The molecule has 1 aliphatic rings. The highest BCUT2D eigenvalue weighted by Crippen LogP contribution is 2.36. The van der Waals surface area contributed by atoms with Crippen molar-refractivity contribution in [2.45, 2.75) is 25.8 Å². The Balaban J connectivity index is 1.48. The molecule has 0 bridgehead atoms. The third-order valence-corrected chi connectivity index (χ3v) is 5.86. The molecule has 1 aromatic heterocycles. The minimum Gasteiger partial charge on any atom is -0.325 e. The third kappa shape index (κ3) is 3.43. The van der Waals surface area contributed by atoms with E-state index in [4.69, 9.17) is 4.98 Å². The number of nitrogens with one attached hydrogen (secondary N) is 1. The van der Waals surface area contributed by atoms with E-state index in [1.165, 1.54) is 4.70 Å². The summed E-state index contributed by atoms with van der Waals surface area (Å²) >= 11 is 1.75. The molecule has 0 unspecified atom stereocenters. The lowest BCUT2D eigenvalue weighted by atomic mass is 10.2. The summed E-state index contributed by atoms with van der Waals surface area (Å²) < 4.78 is 1.22. The van der Waals surface area contributed by atoms with E-state index in [-0.39, 0.29) is 11.9 Å². The van der Waals surface area contributed by atoms with E-state index >= 15 is 0 Å².